The highest BCUT2D eigenvalue weighted by Crippen LogP contribution is 2.27. The fourth-order valence-corrected chi connectivity index (χ4v) is 3.15. The second-order valence-corrected chi connectivity index (χ2v) is 6.96. The number of nitrogens with zero attached hydrogens (tertiary/aromatic N) is 1. The predicted octanol–water partition coefficient (Wildman–Crippen LogP) is 4.71. The summed E-state index contributed by atoms with van der Waals surface area (Å²) in [5.74, 6) is 0.242. The highest BCUT2D eigenvalue weighted by atomic mass is 127. The summed E-state index contributed by atoms with van der Waals surface area (Å²) < 4.78 is 6.05. The van der Waals surface area contributed by atoms with Gasteiger partial charge in [-0.15, -0.1) is 0 Å². The molecule has 2 aromatic rings. The summed E-state index contributed by atoms with van der Waals surface area (Å²) in [4.78, 5) is 22.3. The van der Waals surface area contributed by atoms with Crippen LogP contribution in [0.2, 0.25) is 10.0 Å². The van der Waals surface area contributed by atoms with E-state index in [2.05, 4.69) is 5.32 Å². The lowest BCUT2D eigenvalue weighted by Crippen LogP contribution is -2.26. The van der Waals surface area contributed by atoms with E-state index in [0.717, 1.165) is 0 Å². The molecule has 0 saturated carbocycles. The topological polar surface area (TPSA) is 81.5 Å². The predicted molar refractivity (Wildman–Crippen MR) is 105 cm³/mol. The lowest BCUT2D eigenvalue weighted by atomic mass is 10.2. The van der Waals surface area contributed by atoms with Gasteiger partial charge in [-0.2, -0.15) is 0 Å². The Morgan fingerprint density at radius 1 is 1.24 bits per heavy atom. The number of nitro groups is 1. The molecule has 0 heterocycles. The fourth-order valence-electron chi connectivity index (χ4n) is 1.95. The number of rotatable bonds is 7. The van der Waals surface area contributed by atoms with Crippen LogP contribution >= 0.6 is 45.8 Å². The molecule has 0 bridgehead atoms. The molecular weight excluding hydrogens is 482 g/mol. The Labute approximate surface area is 167 Å². The van der Waals surface area contributed by atoms with E-state index in [-0.39, 0.29) is 11.6 Å². The van der Waals surface area contributed by atoms with E-state index >= 15 is 0 Å². The van der Waals surface area contributed by atoms with Crippen molar-refractivity contribution in [2.75, 3.05) is 13.2 Å². The first-order chi connectivity index (χ1) is 11.9. The van der Waals surface area contributed by atoms with E-state index in [1.165, 1.54) is 18.2 Å². The van der Waals surface area contributed by atoms with Crippen LogP contribution in [0.3, 0.4) is 0 Å². The van der Waals surface area contributed by atoms with Crippen LogP contribution in [0, 0.1) is 13.7 Å². The fraction of sp³-hybridized carbons (Fsp3) is 0.188. The number of ether oxygens (including phenoxy) is 1. The van der Waals surface area contributed by atoms with Crippen LogP contribution in [0.25, 0.3) is 0 Å². The summed E-state index contributed by atoms with van der Waals surface area (Å²) in [5.41, 5.74) is 0.349. The van der Waals surface area contributed by atoms with Crippen molar-refractivity contribution in [3.8, 4) is 5.75 Å². The maximum Gasteiger partial charge on any atom is 0.270 e. The summed E-state index contributed by atoms with van der Waals surface area (Å²) >= 11 is 13.7. The quantitative estimate of drug-likeness (QED) is 0.261. The number of carbonyl (C=O) groups is 1. The van der Waals surface area contributed by atoms with Crippen molar-refractivity contribution in [3.63, 3.8) is 0 Å². The lowest BCUT2D eigenvalue weighted by molar-refractivity contribution is -0.384. The van der Waals surface area contributed by atoms with Gasteiger partial charge in [0.1, 0.15) is 5.75 Å². The zero-order valence-electron chi connectivity index (χ0n) is 12.8. The minimum absolute atomic E-state index is 0.0470. The Bertz CT molecular complexity index is 802. The summed E-state index contributed by atoms with van der Waals surface area (Å²) in [6, 6.07) is 9.07. The van der Waals surface area contributed by atoms with E-state index in [0.29, 0.717) is 44.5 Å². The van der Waals surface area contributed by atoms with Gasteiger partial charge in [-0.1, -0.05) is 23.2 Å². The molecule has 0 atom stereocenters. The van der Waals surface area contributed by atoms with E-state index in [1.807, 2.05) is 22.6 Å². The molecule has 0 aliphatic carbocycles. The van der Waals surface area contributed by atoms with E-state index in [9.17, 15) is 14.9 Å². The molecule has 0 aliphatic rings. The third-order valence-electron chi connectivity index (χ3n) is 3.17. The number of halogens is 3. The van der Waals surface area contributed by atoms with Gasteiger partial charge in [0.05, 0.1) is 22.1 Å². The monoisotopic (exact) mass is 494 g/mol. The first-order valence-corrected chi connectivity index (χ1v) is 9.02. The molecule has 9 heteroatoms. The lowest BCUT2D eigenvalue weighted by Gasteiger charge is -2.09. The zero-order chi connectivity index (χ0) is 18.4. The molecule has 2 aromatic carbocycles. The number of carbonyl (C=O) groups excluding carboxylic acids is 1. The number of benzene rings is 2. The van der Waals surface area contributed by atoms with Crippen LogP contribution in [-0.4, -0.2) is 24.0 Å². The third-order valence-corrected chi connectivity index (χ3v) is 4.59. The molecule has 0 aromatic heterocycles. The normalized spacial score (nSPS) is 10.4. The highest BCUT2D eigenvalue weighted by molar-refractivity contribution is 14.1. The van der Waals surface area contributed by atoms with Crippen molar-refractivity contribution in [1.29, 1.82) is 0 Å². The van der Waals surface area contributed by atoms with Crippen molar-refractivity contribution >= 4 is 57.4 Å². The van der Waals surface area contributed by atoms with Gasteiger partial charge < -0.3 is 10.1 Å². The molecule has 0 saturated heterocycles. The standard InChI is InChI=1S/C16H13Cl2IN2O4/c17-10-2-5-15(13(18)8-10)25-7-1-6-20-16(22)12-4-3-11(21(23)24)9-14(12)19/h2-5,8-9H,1,6-7H2,(H,20,22). The average Bonchev–Trinajstić information content (AvgIpc) is 2.55. The van der Waals surface area contributed by atoms with E-state index in [4.69, 9.17) is 27.9 Å². The molecule has 25 heavy (non-hydrogen) atoms. The third kappa shape index (κ3) is 5.72. The Morgan fingerprint density at radius 3 is 2.64 bits per heavy atom. The molecule has 6 nitrogen and oxygen atoms in total. The van der Waals surface area contributed by atoms with Crippen LogP contribution in [0.1, 0.15) is 16.8 Å². The second kappa shape index (κ2) is 9.21. The number of hydrogen-bond acceptors (Lipinski definition) is 4. The first-order valence-electron chi connectivity index (χ1n) is 7.18. The van der Waals surface area contributed by atoms with Crippen molar-refractivity contribution in [2.45, 2.75) is 6.42 Å². The molecule has 0 spiro atoms. The van der Waals surface area contributed by atoms with Crippen molar-refractivity contribution in [1.82, 2.24) is 5.32 Å². The van der Waals surface area contributed by atoms with E-state index in [1.54, 1.807) is 18.2 Å². The van der Waals surface area contributed by atoms with E-state index < -0.39 is 4.92 Å². The van der Waals surface area contributed by atoms with Crippen LogP contribution in [-0.2, 0) is 0 Å². The Balaban J connectivity index is 1.80. The summed E-state index contributed by atoms with van der Waals surface area (Å²) in [5, 5.41) is 14.4. The molecule has 0 radical (unpaired) electrons. The van der Waals surface area contributed by atoms with Crippen LogP contribution in [0.5, 0.6) is 5.75 Å². The molecule has 0 aliphatic heterocycles. The molecule has 1 N–H and O–H groups in total. The van der Waals surface area contributed by atoms with Gasteiger partial charge in [0.25, 0.3) is 11.6 Å². The first kappa shape index (κ1) is 19.7. The van der Waals surface area contributed by atoms with Gasteiger partial charge in [0, 0.05) is 27.3 Å². The van der Waals surface area contributed by atoms with Gasteiger partial charge in [0.2, 0.25) is 0 Å². The maximum atomic E-state index is 12.1. The Hall–Kier alpha value is -1.58. The maximum absolute atomic E-state index is 12.1. The van der Waals surface area contributed by atoms with Gasteiger partial charge in [-0.25, -0.2) is 0 Å². The number of nitrogens with one attached hydrogen (secondary N) is 1. The number of non-ortho nitro benzene ring substituents is 1. The second-order valence-electron chi connectivity index (χ2n) is 4.95. The number of amides is 1. The molecule has 0 unspecified atom stereocenters. The molecule has 1 amide bonds. The highest BCUT2D eigenvalue weighted by Gasteiger charge is 2.14. The van der Waals surface area contributed by atoms with Gasteiger partial charge in [0.15, 0.2) is 0 Å². The molecular formula is C16H13Cl2IN2O4. The minimum Gasteiger partial charge on any atom is -0.492 e. The molecule has 2 rings (SSSR count). The molecule has 132 valence electrons. The van der Waals surface area contributed by atoms with Crippen molar-refractivity contribution in [3.05, 3.63) is 65.7 Å². The Kier molecular flexibility index (Phi) is 7.27. The van der Waals surface area contributed by atoms with Gasteiger partial charge >= 0.3 is 0 Å². The summed E-state index contributed by atoms with van der Waals surface area (Å²) in [6.07, 6.45) is 0.578. The van der Waals surface area contributed by atoms with Gasteiger partial charge in [-0.05, 0) is 53.3 Å². The number of hydrogen-bond donors (Lipinski definition) is 1. The van der Waals surface area contributed by atoms with Crippen molar-refractivity contribution < 1.29 is 14.5 Å². The van der Waals surface area contributed by atoms with Crippen molar-refractivity contribution in [2.24, 2.45) is 0 Å². The smallest absolute Gasteiger partial charge is 0.270 e. The average molecular weight is 495 g/mol. The van der Waals surface area contributed by atoms with Crippen LogP contribution in [0.15, 0.2) is 36.4 Å². The number of nitro benzene ring substituents is 1. The largest absolute Gasteiger partial charge is 0.492 e. The van der Waals surface area contributed by atoms with Crippen LogP contribution < -0.4 is 10.1 Å². The zero-order valence-corrected chi connectivity index (χ0v) is 16.5. The SMILES string of the molecule is O=C(NCCCOc1ccc(Cl)cc1Cl)c1ccc([N+](=O)[O-])cc1I. The summed E-state index contributed by atoms with van der Waals surface area (Å²) in [7, 11) is 0. The Morgan fingerprint density at radius 2 is 2.00 bits per heavy atom. The molecule has 0 fully saturated rings. The minimum atomic E-state index is -0.497. The van der Waals surface area contributed by atoms with Gasteiger partial charge in [-0.3, -0.25) is 14.9 Å². The summed E-state index contributed by atoms with van der Waals surface area (Å²) in [6.45, 7) is 0.774. The van der Waals surface area contributed by atoms with Crippen LogP contribution in [0.4, 0.5) is 5.69 Å².